The zero-order valence-corrected chi connectivity index (χ0v) is 12.7. The molecule has 0 radical (unpaired) electrons. The van der Waals surface area contributed by atoms with E-state index in [1.54, 1.807) is 12.1 Å². The summed E-state index contributed by atoms with van der Waals surface area (Å²) in [4.78, 5) is 16.1. The number of nitrogens with zero attached hydrogens (tertiary/aromatic N) is 1. The van der Waals surface area contributed by atoms with Gasteiger partial charge in [-0.05, 0) is 36.8 Å². The van der Waals surface area contributed by atoms with E-state index in [-0.39, 0.29) is 17.3 Å². The van der Waals surface area contributed by atoms with Crippen molar-refractivity contribution in [2.45, 2.75) is 13.5 Å². The maximum atomic E-state index is 12.3. The van der Waals surface area contributed by atoms with Gasteiger partial charge in [0.05, 0.1) is 0 Å². The number of hydrogen-bond acceptors (Lipinski definition) is 4. The van der Waals surface area contributed by atoms with Gasteiger partial charge in [-0.25, -0.2) is 9.79 Å². The fourth-order valence-corrected chi connectivity index (χ4v) is 2.26. The molecule has 24 heavy (non-hydrogen) atoms. The SMILES string of the molecule is Cc1cccc(/C=C2\N=C(c3cccc(OC(F)F)c3)OC2=O)c1. The summed E-state index contributed by atoms with van der Waals surface area (Å²) in [5.74, 6) is -0.567. The molecule has 0 aliphatic carbocycles. The van der Waals surface area contributed by atoms with Gasteiger partial charge >= 0.3 is 12.6 Å². The van der Waals surface area contributed by atoms with E-state index < -0.39 is 12.6 Å². The van der Waals surface area contributed by atoms with Crippen molar-refractivity contribution >= 4 is 17.9 Å². The summed E-state index contributed by atoms with van der Waals surface area (Å²) < 4.78 is 34.0. The van der Waals surface area contributed by atoms with Crippen molar-refractivity contribution in [3.05, 3.63) is 70.9 Å². The average Bonchev–Trinajstić information content (AvgIpc) is 2.88. The Morgan fingerprint density at radius 1 is 1.17 bits per heavy atom. The van der Waals surface area contributed by atoms with Gasteiger partial charge in [0, 0.05) is 5.56 Å². The molecular weight excluding hydrogens is 316 g/mol. The molecule has 0 N–H and O–H groups in total. The molecule has 3 rings (SSSR count). The zero-order chi connectivity index (χ0) is 17.1. The Labute approximate surface area is 137 Å². The summed E-state index contributed by atoms with van der Waals surface area (Å²) in [5, 5.41) is 0. The first-order chi connectivity index (χ1) is 11.5. The van der Waals surface area contributed by atoms with E-state index in [1.165, 1.54) is 18.2 Å². The highest BCUT2D eigenvalue weighted by atomic mass is 19.3. The number of aliphatic imine (C=N–C) groups is 1. The highest BCUT2D eigenvalue weighted by Gasteiger charge is 2.24. The van der Waals surface area contributed by atoms with Crippen molar-refractivity contribution < 1.29 is 23.0 Å². The fourth-order valence-electron chi connectivity index (χ4n) is 2.26. The van der Waals surface area contributed by atoms with Gasteiger partial charge in [-0.1, -0.05) is 35.9 Å². The molecule has 0 atom stereocenters. The molecule has 2 aromatic carbocycles. The fraction of sp³-hybridized carbons (Fsp3) is 0.111. The third-order valence-electron chi connectivity index (χ3n) is 3.27. The summed E-state index contributed by atoms with van der Waals surface area (Å²) in [7, 11) is 0. The molecule has 1 heterocycles. The van der Waals surface area contributed by atoms with Gasteiger partial charge in [0.1, 0.15) is 5.75 Å². The molecule has 122 valence electrons. The molecule has 0 saturated heterocycles. The minimum Gasteiger partial charge on any atom is -0.435 e. The van der Waals surface area contributed by atoms with Crippen LogP contribution >= 0.6 is 0 Å². The molecular formula is C18H13F2NO3. The zero-order valence-electron chi connectivity index (χ0n) is 12.7. The number of hydrogen-bond donors (Lipinski definition) is 0. The molecule has 0 aromatic heterocycles. The van der Waals surface area contributed by atoms with Crippen LogP contribution in [0.5, 0.6) is 5.75 Å². The van der Waals surface area contributed by atoms with Crippen molar-refractivity contribution in [1.29, 1.82) is 0 Å². The van der Waals surface area contributed by atoms with Crippen LogP contribution in [0.15, 0.2) is 59.2 Å². The van der Waals surface area contributed by atoms with E-state index in [0.717, 1.165) is 11.1 Å². The molecule has 0 unspecified atom stereocenters. The van der Waals surface area contributed by atoms with Gasteiger partial charge in [0.25, 0.3) is 0 Å². The Hall–Kier alpha value is -3.02. The van der Waals surface area contributed by atoms with Crippen molar-refractivity contribution in [3.8, 4) is 5.75 Å². The predicted octanol–water partition coefficient (Wildman–Crippen LogP) is 3.94. The van der Waals surface area contributed by atoms with E-state index in [1.807, 2.05) is 31.2 Å². The number of alkyl halides is 2. The lowest BCUT2D eigenvalue weighted by molar-refractivity contribution is -0.129. The minimum absolute atomic E-state index is 0.0302. The number of ether oxygens (including phenoxy) is 2. The van der Waals surface area contributed by atoms with Crippen LogP contribution in [-0.2, 0) is 9.53 Å². The number of aryl methyl sites for hydroxylation is 1. The Bertz CT molecular complexity index is 844. The topological polar surface area (TPSA) is 47.9 Å². The molecule has 1 aliphatic rings. The van der Waals surface area contributed by atoms with Crippen LogP contribution in [0.1, 0.15) is 16.7 Å². The largest absolute Gasteiger partial charge is 0.435 e. The maximum absolute atomic E-state index is 12.3. The average molecular weight is 329 g/mol. The quantitative estimate of drug-likeness (QED) is 0.630. The lowest BCUT2D eigenvalue weighted by Gasteiger charge is -2.05. The smallest absolute Gasteiger partial charge is 0.387 e. The standard InChI is InChI=1S/C18H13F2NO3/c1-11-4-2-5-12(8-11)9-15-17(22)24-16(21-15)13-6-3-7-14(10-13)23-18(19)20/h2-10,18H,1H3/b15-9-. The second-order valence-corrected chi connectivity index (χ2v) is 5.16. The van der Waals surface area contributed by atoms with Gasteiger partial charge in [-0.2, -0.15) is 8.78 Å². The second-order valence-electron chi connectivity index (χ2n) is 5.16. The first kappa shape index (κ1) is 15.9. The molecule has 0 bridgehead atoms. The third kappa shape index (κ3) is 3.65. The molecule has 0 spiro atoms. The van der Waals surface area contributed by atoms with Crippen LogP contribution in [-0.4, -0.2) is 18.5 Å². The predicted molar refractivity (Wildman–Crippen MR) is 84.9 cm³/mol. The van der Waals surface area contributed by atoms with Gasteiger partial charge in [-0.15, -0.1) is 0 Å². The van der Waals surface area contributed by atoms with Gasteiger partial charge in [-0.3, -0.25) is 0 Å². The molecule has 2 aromatic rings. The molecule has 0 saturated carbocycles. The number of halogens is 2. The summed E-state index contributed by atoms with van der Waals surface area (Å²) in [5.41, 5.74) is 2.41. The van der Waals surface area contributed by atoms with Crippen LogP contribution in [0.25, 0.3) is 6.08 Å². The molecule has 6 heteroatoms. The number of rotatable bonds is 4. The molecule has 0 amide bonds. The number of esters is 1. The van der Waals surface area contributed by atoms with Gasteiger partial charge < -0.3 is 9.47 Å². The summed E-state index contributed by atoms with van der Waals surface area (Å²) in [6, 6.07) is 13.4. The lowest BCUT2D eigenvalue weighted by Crippen LogP contribution is -2.07. The lowest BCUT2D eigenvalue weighted by atomic mass is 10.1. The highest BCUT2D eigenvalue weighted by Crippen LogP contribution is 2.22. The number of carbonyl (C=O) groups is 1. The van der Waals surface area contributed by atoms with Crippen LogP contribution in [0.4, 0.5) is 8.78 Å². The highest BCUT2D eigenvalue weighted by molar-refractivity contribution is 6.12. The van der Waals surface area contributed by atoms with Crippen LogP contribution in [0.2, 0.25) is 0 Å². The number of cyclic esters (lactones) is 1. The summed E-state index contributed by atoms with van der Waals surface area (Å²) >= 11 is 0. The first-order valence-corrected chi connectivity index (χ1v) is 7.16. The van der Waals surface area contributed by atoms with E-state index in [4.69, 9.17) is 4.74 Å². The van der Waals surface area contributed by atoms with E-state index in [2.05, 4.69) is 9.73 Å². The van der Waals surface area contributed by atoms with Gasteiger partial charge in [0.15, 0.2) is 5.70 Å². The molecule has 0 fully saturated rings. The second kappa shape index (κ2) is 6.62. The van der Waals surface area contributed by atoms with E-state index >= 15 is 0 Å². The Balaban J connectivity index is 1.89. The Morgan fingerprint density at radius 3 is 2.71 bits per heavy atom. The van der Waals surface area contributed by atoms with E-state index in [9.17, 15) is 13.6 Å². The van der Waals surface area contributed by atoms with Gasteiger partial charge in [0.2, 0.25) is 5.90 Å². The number of carbonyl (C=O) groups excluding carboxylic acids is 1. The van der Waals surface area contributed by atoms with Crippen molar-refractivity contribution in [2.75, 3.05) is 0 Å². The summed E-state index contributed by atoms with van der Waals surface area (Å²) in [6.07, 6.45) is 1.61. The normalized spacial score (nSPS) is 15.6. The first-order valence-electron chi connectivity index (χ1n) is 7.16. The summed E-state index contributed by atoms with van der Waals surface area (Å²) in [6.45, 7) is -0.983. The van der Waals surface area contributed by atoms with Crippen LogP contribution < -0.4 is 4.74 Å². The third-order valence-corrected chi connectivity index (χ3v) is 3.27. The minimum atomic E-state index is -2.93. The van der Waals surface area contributed by atoms with Crippen molar-refractivity contribution in [2.24, 2.45) is 4.99 Å². The molecule has 4 nitrogen and oxygen atoms in total. The molecule has 1 aliphatic heterocycles. The monoisotopic (exact) mass is 329 g/mol. The Morgan fingerprint density at radius 2 is 1.96 bits per heavy atom. The Kier molecular flexibility index (Phi) is 4.37. The number of benzene rings is 2. The maximum Gasteiger partial charge on any atom is 0.387 e. The van der Waals surface area contributed by atoms with E-state index in [0.29, 0.717) is 5.56 Å². The van der Waals surface area contributed by atoms with Crippen LogP contribution in [0, 0.1) is 6.92 Å². The van der Waals surface area contributed by atoms with Crippen molar-refractivity contribution in [1.82, 2.24) is 0 Å². The van der Waals surface area contributed by atoms with Crippen molar-refractivity contribution in [3.63, 3.8) is 0 Å². The van der Waals surface area contributed by atoms with Crippen LogP contribution in [0.3, 0.4) is 0 Å².